The van der Waals surface area contributed by atoms with Gasteiger partial charge in [-0.25, -0.2) is 0 Å². The Labute approximate surface area is 105 Å². The Morgan fingerprint density at radius 3 is 2.17 bits per heavy atom. The highest BCUT2D eigenvalue weighted by Crippen LogP contribution is 2.29. The first kappa shape index (κ1) is 12.1. The van der Waals surface area contributed by atoms with E-state index in [1.165, 1.54) is 14.2 Å². The minimum Gasteiger partial charge on any atom is -0.496 e. The number of carbonyl (C=O) groups excluding carboxylic acids is 1. The molecule has 1 aromatic heterocycles. The molecule has 0 aliphatic carbocycles. The summed E-state index contributed by atoms with van der Waals surface area (Å²) in [5, 5.41) is 0. The van der Waals surface area contributed by atoms with Gasteiger partial charge in [0.25, 0.3) is 0 Å². The van der Waals surface area contributed by atoms with E-state index in [4.69, 9.17) is 9.47 Å². The van der Waals surface area contributed by atoms with Gasteiger partial charge in [-0.2, -0.15) is 0 Å². The molecule has 92 valence electrons. The Balaban J connectivity index is 2.53. The second-order valence-electron chi connectivity index (χ2n) is 3.58. The molecule has 2 aromatic rings. The van der Waals surface area contributed by atoms with Crippen molar-refractivity contribution < 1.29 is 14.3 Å². The van der Waals surface area contributed by atoms with Crippen molar-refractivity contribution in [2.24, 2.45) is 0 Å². The third-order valence-electron chi connectivity index (χ3n) is 2.55. The van der Waals surface area contributed by atoms with Crippen molar-refractivity contribution in [3.05, 3.63) is 53.9 Å². The third kappa shape index (κ3) is 2.18. The fourth-order valence-electron chi connectivity index (χ4n) is 1.70. The quantitative estimate of drug-likeness (QED) is 0.773. The maximum atomic E-state index is 12.4. The highest BCUT2D eigenvalue weighted by molar-refractivity contribution is 6.11. The van der Waals surface area contributed by atoms with E-state index < -0.39 is 0 Å². The van der Waals surface area contributed by atoms with Crippen molar-refractivity contribution in [3.63, 3.8) is 0 Å². The van der Waals surface area contributed by atoms with E-state index in [1.54, 1.807) is 42.6 Å². The molecule has 1 aromatic carbocycles. The minimum atomic E-state index is -0.218. The summed E-state index contributed by atoms with van der Waals surface area (Å²) in [6.07, 6.45) is 1.58. The number of nitrogens with zero attached hydrogens (tertiary/aromatic N) is 1. The average Bonchev–Trinajstić information content (AvgIpc) is 2.46. The van der Waals surface area contributed by atoms with Crippen LogP contribution in [0.25, 0.3) is 0 Å². The van der Waals surface area contributed by atoms with Gasteiger partial charge in [0.15, 0.2) is 0 Å². The molecule has 1 heterocycles. The summed E-state index contributed by atoms with van der Waals surface area (Å²) in [4.78, 5) is 16.4. The highest BCUT2D eigenvalue weighted by Gasteiger charge is 2.20. The van der Waals surface area contributed by atoms with Crippen LogP contribution >= 0.6 is 0 Å². The molecule has 4 heteroatoms. The van der Waals surface area contributed by atoms with Gasteiger partial charge in [0.05, 0.1) is 14.2 Å². The fourth-order valence-corrected chi connectivity index (χ4v) is 1.70. The van der Waals surface area contributed by atoms with Crippen molar-refractivity contribution in [2.45, 2.75) is 0 Å². The number of rotatable bonds is 4. The van der Waals surface area contributed by atoms with Crippen molar-refractivity contribution >= 4 is 5.78 Å². The van der Waals surface area contributed by atoms with Gasteiger partial charge in [0.1, 0.15) is 22.8 Å². The van der Waals surface area contributed by atoms with Gasteiger partial charge in [0, 0.05) is 6.20 Å². The van der Waals surface area contributed by atoms with Gasteiger partial charge in [-0.3, -0.25) is 9.78 Å². The first-order valence-corrected chi connectivity index (χ1v) is 5.44. The number of ether oxygens (including phenoxy) is 2. The minimum absolute atomic E-state index is 0.218. The van der Waals surface area contributed by atoms with E-state index in [-0.39, 0.29) is 5.78 Å². The third-order valence-corrected chi connectivity index (χ3v) is 2.55. The molecule has 0 atom stereocenters. The zero-order chi connectivity index (χ0) is 13.0. The van der Waals surface area contributed by atoms with Gasteiger partial charge in [0.2, 0.25) is 5.78 Å². The Morgan fingerprint density at radius 1 is 1.00 bits per heavy atom. The van der Waals surface area contributed by atoms with E-state index in [1.807, 2.05) is 0 Å². The summed E-state index contributed by atoms with van der Waals surface area (Å²) in [7, 11) is 3.04. The van der Waals surface area contributed by atoms with Crippen molar-refractivity contribution in [1.29, 1.82) is 0 Å². The standard InChI is InChI=1S/C14H13NO3/c1-17-11-7-5-8-12(18-2)13(11)14(16)10-6-3-4-9-15-10/h3-9H,1-2H3. The van der Waals surface area contributed by atoms with Gasteiger partial charge in [-0.15, -0.1) is 0 Å². The number of hydrogen-bond acceptors (Lipinski definition) is 4. The molecule has 0 aliphatic heterocycles. The van der Waals surface area contributed by atoms with Crippen LogP contribution in [0.2, 0.25) is 0 Å². The molecule has 0 saturated carbocycles. The molecule has 2 rings (SSSR count). The van der Waals surface area contributed by atoms with Crippen LogP contribution in [0.5, 0.6) is 11.5 Å². The lowest BCUT2D eigenvalue weighted by Gasteiger charge is -2.11. The largest absolute Gasteiger partial charge is 0.496 e. The van der Waals surface area contributed by atoms with Crippen LogP contribution < -0.4 is 9.47 Å². The second-order valence-corrected chi connectivity index (χ2v) is 3.58. The van der Waals surface area contributed by atoms with E-state index in [2.05, 4.69) is 4.98 Å². The molecule has 0 amide bonds. The first-order chi connectivity index (χ1) is 8.77. The monoisotopic (exact) mass is 243 g/mol. The topological polar surface area (TPSA) is 48.4 Å². The molecule has 18 heavy (non-hydrogen) atoms. The molecule has 0 N–H and O–H groups in total. The van der Waals surface area contributed by atoms with Crippen LogP contribution in [0, 0.1) is 0 Å². The summed E-state index contributed by atoms with van der Waals surface area (Å²) >= 11 is 0. The number of hydrogen-bond donors (Lipinski definition) is 0. The molecule has 4 nitrogen and oxygen atoms in total. The molecule has 0 bridgehead atoms. The Morgan fingerprint density at radius 2 is 1.67 bits per heavy atom. The molecule has 0 saturated heterocycles. The summed E-state index contributed by atoms with van der Waals surface area (Å²) in [5.41, 5.74) is 0.751. The molecular weight excluding hydrogens is 230 g/mol. The van der Waals surface area contributed by atoms with Gasteiger partial charge in [-0.05, 0) is 24.3 Å². The van der Waals surface area contributed by atoms with E-state index in [0.717, 1.165) is 0 Å². The second kappa shape index (κ2) is 5.31. The maximum absolute atomic E-state index is 12.4. The molecular formula is C14H13NO3. The number of methoxy groups -OCH3 is 2. The van der Waals surface area contributed by atoms with Crippen LogP contribution in [-0.4, -0.2) is 25.0 Å². The number of aromatic nitrogens is 1. The molecule has 0 fully saturated rings. The molecule has 0 spiro atoms. The first-order valence-electron chi connectivity index (χ1n) is 5.44. The van der Waals surface area contributed by atoms with Crippen LogP contribution in [0.15, 0.2) is 42.6 Å². The van der Waals surface area contributed by atoms with Gasteiger partial charge >= 0.3 is 0 Å². The lowest BCUT2D eigenvalue weighted by molar-refractivity contribution is 0.102. The summed E-state index contributed by atoms with van der Waals surface area (Å²) in [5.74, 6) is 0.736. The normalized spacial score (nSPS) is 9.89. The lowest BCUT2D eigenvalue weighted by atomic mass is 10.1. The predicted octanol–water partition coefficient (Wildman–Crippen LogP) is 2.33. The Hall–Kier alpha value is -2.36. The highest BCUT2D eigenvalue weighted by atomic mass is 16.5. The van der Waals surface area contributed by atoms with Crippen LogP contribution in [0.1, 0.15) is 16.1 Å². The van der Waals surface area contributed by atoms with Crippen molar-refractivity contribution in [2.75, 3.05) is 14.2 Å². The van der Waals surface area contributed by atoms with E-state index in [0.29, 0.717) is 22.8 Å². The number of pyridine rings is 1. The lowest BCUT2D eigenvalue weighted by Crippen LogP contribution is -2.07. The zero-order valence-electron chi connectivity index (χ0n) is 10.2. The number of ketones is 1. The Kier molecular flexibility index (Phi) is 3.57. The smallest absolute Gasteiger partial charge is 0.218 e. The average molecular weight is 243 g/mol. The van der Waals surface area contributed by atoms with Gasteiger partial charge < -0.3 is 9.47 Å². The van der Waals surface area contributed by atoms with Crippen LogP contribution in [-0.2, 0) is 0 Å². The predicted molar refractivity (Wildman–Crippen MR) is 67.2 cm³/mol. The van der Waals surface area contributed by atoms with Crippen LogP contribution in [0.4, 0.5) is 0 Å². The Bertz CT molecular complexity index is 530. The number of carbonyl (C=O) groups is 1. The fraction of sp³-hybridized carbons (Fsp3) is 0.143. The van der Waals surface area contributed by atoms with E-state index in [9.17, 15) is 4.79 Å². The molecule has 0 aliphatic rings. The SMILES string of the molecule is COc1cccc(OC)c1C(=O)c1ccccn1. The molecule has 0 radical (unpaired) electrons. The molecule has 0 unspecified atom stereocenters. The summed E-state index contributed by atoms with van der Waals surface area (Å²) in [6.45, 7) is 0. The number of benzene rings is 1. The maximum Gasteiger partial charge on any atom is 0.218 e. The summed E-state index contributed by atoms with van der Waals surface area (Å²) < 4.78 is 10.4. The summed E-state index contributed by atoms with van der Waals surface area (Å²) in [6, 6.07) is 10.4. The van der Waals surface area contributed by atoms with E-state index >= 15 is 0 Å². The van der Waals surface area contributed by atoms with Crippen molar-refractivity contribution in [1.82, 2.24) is 4.98 Å². The zero-order valence-corrected chi connectivity index (χ0v) is 10.2. The van der Waals surface area contributed by atoms with Gasteiger partial charge in [-0.1, -0.05) is 12.1 Å². The van der Waals surface area contributed by atoms with Crippen LogP contribution in [0.3, 0.4) is 0 Å². The van der Waals surface area contributed by atoms with Crippen molar-refractivity contribution in [3.8, 4) is 11.5 Å².